The van der Waals surface area contributed by atoms with Crippen LogP contribution in [0.4, 0.5) is 4.39 Å². The summed E-state index contributed by atoms with van der Waals surface area (Å²) < 4.78 is 38.4. The molecule has 1 fully saturated rings. The monoisotopic (exact) mass is 256 g/mol. The Labute approximate surface area is 99.1 Å². The van der Waals surface area contributed by atoms with Crippen molar-refractivity contribution in [1.82, 2.24) is 4.31 Å². The minimum absolute atomic E-state index is 0.125. The van der Waals surface area contributed by atoms with E-state index in [0.29, 0.717) is 12.7 Å². The van der Waals surface area contributed by atoms with Gasteiger partial charge in [-0.1, -0.05) is 6.07 Å². The fraction of sp³-hybridized carbons (Fsp3) is 0.273. The SMILES string of the molecule is O=C[C@@H]1[CH]CCN1S(=O)(=O)c1cccc(F)c1. The van der Waals surface area contributed by atoms with Crippen LogP contribution in [0.15, 0.2) is 29.2 Å². The first-order valence-electron chi connectivity index (χ1n) is 5.12. The van der Waals surface area contributed by atoms with E-state index < -0.39 is 21.9 Å². The van der Waals surface area contributed by atoms with Gasteiger partial charge in [0.15, 0.2) is 0 Å². The fourth-order valence-corrected chi connectivity index (χ4v) is 3.39. The van der Waals surface area contributed by atoms with E-state index in [4.69, 9.17) is 0 Å². The molecule has 1 aromatic carbocycles. The van der Waals surface area contributed by atoms with Crippen molar-refractivity contribution < 1.29 is 17.6 Å². The molecular formula is C11H11FNO3S. The molecule has 1 atom stereocenters. The lowest BCUT2D eigenvalue weighted by atomic mass is 10.2. The Kier molecular flexibility index (Phi) is 3.26. The zero-order valence-electron chi connectivity index (χ0n) is 8.91. The Hall–Kier alpha value is -1.27. The molecule has 6 heteroatoms. The Bertz CT molecular complexity index is 529. The molecule has 91 valence electrons. The summed E-state index contributed by atoms with van der Waals surface area (Å²) in [6, 6.07) is 4.03. The van der Waals surface area contributed by atoms with Crippen LogP contribution in [-0.2, 0) is 14.8 Å². The lowest BCUT2D eigenvalue weighted by Crippen LogP contribution is -2.36. The highest BCUT2D eigenvalue weighted by Crippen LogP contribution is 2.24. The molecule has 0 amide bonds. The lowest BCUT2D eigenvalue weighted by molar-refractivity contribution is -0.109. The molecule has 17 heavy (non-hydrogen) atoms. The summed E-state index contributed by atoms with van der Waals surface area (Å²) in [6.07, 6.45) is 2.73. The summed E-state index contributed by atoms with van der Waals surface area (Å²) in [7, 11) is -3.79. The number of hydrogen-bond donors (Lipinski definition) is 0. The van der Waals surface area contributed by atoms with Gasteiger partial charge < -0.3 is 4.79 Å². The van der Waals surface area contributed by atoms with Crippen LogP contribution in [-0.4, -0.2) is 31.6 Å². The Morgan fingerprint density at radius 2 is 2.18 bits per heavy atom. The van der Waals surface area contributed by atoms with Crippen LogP contribution in [0, 0.1) is 12.2 Å². The normalized spacial score (nSPS) is 21.6. The summed E-state index contributed by atoms with van der Waals surface area (Å²) in [5, 5.41) is 0. The van der Waals surface area contributed by atoms with Crippen LogP contribution in [0.1, 0.15) is 6.42 Å². The smallest absolute Gasteiger partial charge is 0.243 e. The third kappa shape index (κ3) is 2.23. The van der Waals surface area contributed by atoms with Crippen LogP contribution in [0.2, 0.25) is 0 Å². The lowest BCUT2D eigenvalue weighted by Gasteiger charge is -2.19. The summed E-state index contributed by atoms with van der Waals surface area (Å²) in [4.78, 5) is 10.6. The third-order valence-corrected chi connectivity index (χ3v) is 4.53. The Morgan fingerprint density at radius 1 is 1.41 bits per heavy atom. The number of aldehydes is 1. The highest BCUT2D eigenvalue weighted by atomic mass is 32.2. The van der Waals surface area contributed by atoms with E-state index in [-0.39, 0.29) is 11.4 Å². The molecule has 1 aromatic rings. The number of rotatable bonds is 3. The van der Waals surface area contributed by atoms with E-state index in [1.165, 1.54) is 18.2 Å². The molecule has 1 radical (unpaired) electrons. The molecule has 1 aliphatic rings. The van der Waals surface area contributed by atoms with Gasteiger partial charge in [0, 0.05) is 6.54 Å². The second-order valence-corrected chi connectivity index (χ2v) is 5.61. The molecule has 0 N–H and O–H groups in total. The van der Waals surface area contributed by atoms with Crippen LogP contribution in [0.5, 0.6) is 0 Å². The summed E-state index contributed by atoms with van der Waals surface area (Å²) in [6.45, 7) is 0.252. The van der Waals surface area contributed by atoms with Gasteiger partial charge in [-0.25, -0.2) is 12.8 Å². The summed E-state index contributed by atoms with van der Waals surface area (Å²) in [5.74, 6) is -0.614. The molecule has 1 saturated heterocycles. The number of benzene rings is 1. The van der Waals surface area contributed by atoms with Crippen molar-refractivity contribution in [3.63, 3.8) is 0 Å². The van der Waals surface area contributed by atoms with Crippen molar-refractivity contribution in [2.24, 2.45) is 0 Å². The van der Waals surface area contributed by atoms with Crippen molar-refractivity contribution in [2.45, 2.75) is 17.4 Å². The van der Waals surface area contributed by atoms with Gasteiger partial charge >= 0.3 is 0 Å². The van der Waals surface area contributed by atoms with Crippen molar-refractivity contribution in [3.8, 4) is 0 Å². The maximum absolute atomic E-state index is 13.0. The molecular weight excluding hydrogens is 245 g/mol. The first-order valence-corrected chi connectivity index (χ1v) is 6.56. The molecule has 4 nitrogen and oxygen atoms in total. The number of nitrogens with zero attached hydrogens (tertiary/aromatic N) is 1. The van der Waals surface area contributed by atoms with Gasteiger partial charge in [-0.3, -0.25) is 0 Å². The van der Waals surface area contributed by atoms with Crippen LogP contribution in [0.25, 0.3) is 0 Å². The quantitative estimate of drug-likeness (QED) is 0.758. The van der Waals surface area contributed by atoms with E-state index in [0.717, 1.165) is 10.4 Å². The Balaban J connectivity index is 2.39. The first-order chi connectivity index (χ1) is 8.05. The standard InChI is InChI=1S/C11H11FNO3S/c12-9-3-1-5-11(7-9)17(15,16)13-6-2-4-10(13)8-14/h1,3-5,7-8,10H,2,6H2/t10-/m0/s1. The number of halogens is 1. The zero-order chi connectivity index (χ0) is 12.5. The van der Waals surface area contributed by atoms with E-state index in [1.54, 1.807) is 6.42 Å². The molecule has 2 rings (SSSR count). The molecule has 1 heterocycles. The molecule has 0 unspecified atom stereocenters. The van der Waals surface area contributed by atoms with Crippen molar-refractivity contribution in [1.29, 1.82) is 0 Å². The number of hydrogen-bond acceptors (Lipinski definition) is 3. The molecule has 0 bridgehead atoms. The topological polar surface area (TPSA) is 54.5 Å². The highest BCUT2D eigenvalue weighted by Gasteiger charge is 2.35. The average molecular weight is 256 g/mol. The summed E-state index contributed by atoms with van der Waals surface area (Å²) >= 11 is 0. The summed E-state index contributed by atoms with van der Waals surface area (Å²) in [5.41, 5.74) is 0. The first kappa shape index (κ1) is 12.2. The van der Waals surface area contributed by atoms with Gasteiger partial charge in [0.2, 0.25) is 10.0 Å². The number of sulfonamides is 1. The fourth-order valence-electron chi connectivity index (χ4n) is 1.81. The van der Waals surface area contributed by atoms with E-state index in [2.05, 4.69) is 0 Å². The predicted octanol–water partition coefficient (Wildman–Crippen LogP) is 0.992. The van der Waals surface area contributed by atoms with Crippen molar-refractivity contribution >= 4 is 16.3 Å². The molecule has 0 spiro atoms. The van der Waals surface area contributed by atoms with Crippen molar-refractivity contribution in [2.75, 3.05) is 6.54 Å². The molecule has 0 aromatic heterocycles. The van der Waals surface area contributed by atoms with Gasteiger partial charge in [0.1, 0.15) is 12.1 Å². The number of carbonyl (C=O) groups excluding carboxylic acids is 1. The largest absolute Gasteiger partial charge is 0.302 e. The Morgan fingerprint density at radius 3 is 2.82 bits per heavy atom. The van der Waals surface area contributed by atoms with E-state index in [9.17, 15) is 17.6 Å². The minimum atomic E-state index is -3.79. The maximum atomic E-state index is 13.0. The average Bonchev–Trinajstić information content (AvgIpc) is 2.77. The predicted molar refractivity (Wildman–Crippen MR) is 59.1 cm³/mol. The van der Waals surface area contributed by atoms with Crippen molar-refractivity contribution in [3.05, 3.63) is 36.5 Å². The van der Waals surface area contributed by atoms with Gasteiger partial charge in [0.05, 0.1) is 10.9 Å². The maximum Gasteiger partial charge on any atom is 0.243 e. The van der Waals surface area contributed by atoms with E-state index >= 15 is 0 Å². The zero-order valence-corrected chi connectivity index (χ0v) is 9.73. The van der Waals surface area contributed by atoms with Crippen LogP contribution in [0.3, 0.4) is 0 Å². The van der Waals surface area contributed by atoms with Gasteiger partial charge in [0.25, 0.3) is 0 Å². The molecule has 1 aliphatic heterocycles. The third-order valence-electron chi connectivity index (χ3n) is 2.63. The molecule has 0 aliphatic carbocycles. The minimum Gasteiger partial charge on any atom is -0.302 e. The van der Waals surface area contributed by atoms with Gasteiger partial charge in [-0.15, -0.1) is 0 Å². The van der Waals surface area contributed by atoms with Gasteiger partial charge in [-0.2, -0.15) is 4.31 Å². The number of carbonyl (C=O) groups is 1. The van der Waals surface area contributed by atoms with E-state index in [1.807, 2.05) is 0 Å². The van der Waals surface area contributed by atoms with Gasteiger partial charge in [-0.05, 0) is 31.0 Å². The second kappa shape index (κ2) is 4.54. The molecule has 0 saturated carbocycles. The van der Waals surface area contributed by atoms with Crippen LogP contribution >= 0.6 is 0 Å². The van der Waals surface area contributed by atoms with Crippen LogP contribution < -0.4 is 0 Å². The highest BCUT2D eigenvalue weighted by molar-refractivity contribution is 7.89. The second-order valence-electron chi connectivity index (χ2n) is 3.72.